The lowest BCUT2D eigenvalue weighted by Gasteiger charge is -1.91. The normalized spacial score (nSPS) is 10.8. The van der Waals surface area contributed by atoms with Gasteiger partial charge >= 0.3 is 0 Å². The molecule has 12 heavy (non-hydrogen) atoms. The van der Waals surface area contributed by atoms with Crippen molar-refractivity contribution in [2.75, 3.05) is 0 Å². The Labute approximate surface area is 75.9 Å². The number of Topliss-reactive ketones (excluding diaryl/α,β-unsaturated/α-hetero) is 1. The number of unbranched alkanes of at least 4 members (excludes halogenated alkanes) is 3. The highest BCUT2D eigenvalue weighted by Crippen LogP contribution is 2.00. The number of hydrogen-bond donors (Lipinski definition) is 0. The summed E-state index contributed by atoms with van der Waals surface area (Å²) in [5.41, 5.74) is 0. The van der Waals surface area contributed by atoms with Crippen molar-refractivity contribution < 1.29 is 4.79 Å². The summed E-state index contributed by atoms with van der Waals surface area (Å²) in [7, 11) is 0. The standard InChI is InChI=1S/C11H20O/c1-3-4-5-6-7-8-9-10-11(2)12/h6-7H,3-5,8-10H2,1-2H3/b7-6-. The van der Waals surface area contributed by atoms with Gasteiger partial charge in [-0.1, -0.05) is 31.9 Å². The topological polar surface area (TPSA) is 17.1 Å². The molecule has 0 aliphatic heterocycles. The van der Waals surface area contributed by atoms with E-state index in [0.29, 0.717) is 5.78 Å². The van der Waals surface area contributed by atoms with Crippen LogP contribution in [0.3, 0.4) is 0 Å². The minimum atomic E-state index is 0.303. The quantitative estimate of drug-likeness (QED) is 0.420. The van der Waals surface area contributed by atoms with E-state index in [1.54, 1.807) is 6.92 Å². The van der Waals surface area contributed by atoms with Crippen LogP contribution in [-0.4, -0.2) is 5.78 Å². The van der Waals surface area contributed by atoms with Gasteiger partial charge in [-0.15, -0.1) is 0 Å². The van der Waals surface area contributed by atoms with Crippen molar-refractivity contribution in [1.29, 1.82) is 0 Å². The zero-order chi connectivity index (χ0) is 9.23. The molecule has 0 rings (SSSR count). The maximum absolute atomic E-state index is 10.6. The lowest BCUT2D eigenvalue weighted by atomic mass is 10.1. The van der Waals surface area contributed by atoms with Gasteiger partial charge in [0.25, 0.3) is 0 Å². The van der Waals surface area contributed by atoms with Crippen molar-refractivity contribution in [3.63, 3.8) is 0 Å². The number of ketones is 1. The number of allylic oxidation sites excluding steroid dienone is 2. The van der Waals surface area contributed by atoms with E-state index in [4.69, 9.17) is 0 Å². The molecule has 0 aromatic rings. The van der Waals surface area contributed by atoms with Crippen LogP contribution in [0.4, 0.5) is 0 Å². The zero-order valence-corrected chi connectivity index (χ0v) is 8.31. The van der Waals surface area contributed by atoms with E-state index >= 15 is 0 Å². The fraction of sp³-hybridized carbons (Fsp3) is 0.727. The van der Waals surface area contributed by atoms with Crippen molar-refractivity contribution in [1.82, 2.24) is 0 Å². The maximum Gasteiger partial charge on any atom is 0.129 e. The molecular formula is C11H20O. The first kappa shape index (κ1) is 11.4. The van der Waals surface area contributed by atoms with Crippen LogP contribution in [0.1, 0.15) is 52.4 Å². The summed E-state index contributed by atoms with van der Waals surface area (Å²) in [6.45, 7) is 3.85. The Balaban J connectivity index is 3.08. The smallest absolute Gasteiger partial charge is 0.129 e. The van der Waals surface area contributed by atoms with Crippen molar-refractivity contribution in [3.05, 3.63) is 12.2 Å². The Morgan fingerprint density at radius 1 is 1.17 bits per heavy atom. The summed E-state index contributed by atoms with van der Waals surface area (Å²) in [4.78, 5) is 10.6. The van der Waals surface area contributed by atoms with E-state index in [1.807, 2.05) is 0 Å². The van der Waals surface area contributed by atoms with Crippen LogP contribution in [0.25, 0.3) is 0 Å². The van der Waals surface area contributed by atoms with Gasteiger partial charge in [0.1, 0.15) is 5.78 Å². The van der Waals surface area contributed by atoms with Crippen molar-refractivity contribution in [3.8, 4) is 0 Å². The predicted octanol–water partition coefficient (Wildman–Crippen LogP) is 3.49. The van der Waals surface area contributed by atoms with E-state index in [0.717, 1.165) is 19.3 Å². The Kier molecular flexibility index (Phi) is 8.09. The summed E-state index contributed by atoms with van der Waals surface area (Å²) < 4.78 is 0. The van der Waals surface area contributed by atoms with Crippen molar-refractivity contribution >= 4 is 5.78 Å². The van der Waals surface area contributed by atoms with E-state index in [9.17, 15) is 4.79 Å². The van der Waals surface area contributed by atoms with Gasteiger partial charge in [0.05, 0.1) is 0 Å². The summed E-state index contributed by atoms with van der Waals surface area (Å²) in [5.74, 6) is 0.303. The molecule has 0 aliphatic rings. The number of hydrogen-bond acceptors (Lipinski definition) is 1. The van der Waals surface area contributed by atoms with Gasteiger partial charge in [-0.25, -0.2) is 0 Å². The third-order valence-electron chi connectivity index (χ3n) is 1.79. The van der Waals surface area contributed by atoms with E-state index in [-0.39, 0.29) is 0 Å². The van der Waals surface area contributed by atoms with E-state index < -0.39 is 0 Å². The molecule has 0 atom stereocenters. The number of rotatable bonds is 7. The molecule has 0 bridgehead atoms. The lowest BCUT2D eigenvalue weighted by molar-refractivity contribution is -0.117. The van der Waals surface area contributed by atoms with E-state index in [2.05, 4.69) is 19.1 Å². The van der Waals surface area contributed by atoms with Gasteiger partial charge in [-0.05, 0) is 26.2 Å². The minimum Gasteiger partial charge on any atom is -0.300 e. The second kappa shape index (κ2) is 8.51. The first-order valence-electron chi connectivity index (χ1n) is 4.91. The summed E-state index contributed by atoms with van der Waals surface area (Å²) in [5, 5.41) is 0. The second-order valence-electron chi connectivity index (χ2n) is 3.21. The van der Waals surface area contributed by atoms with Crippen LogP contribution >= 0.6 is 0 Å². The molecular weight excluding hydrogens is 148 g/mol. The van der Waals surface area contributed by atoms with Crippen molar-refractivity contribution in [2.24, 2.45) is 0 Å². The molecule has 0 unspecified atom stereocenters. The molecule has 0 fully saturated rings. The molecule has 0 amide bonds. The highest BCUT2D eigenvalue weighted by molar-refractivity contribution is 5.75. The van der Waals surface area contributed by atoms with Gasteiger partial charge in [0.15, 0.2) is 0 Å². The summed E-state index contributed by atoms with van der Waals surface area (Å²) in [6.07, 6.45) is 11.0. The third-order valence-corrected chi connectivity index (χ3v) is 1.79. The van der Waals surface area contributed by atoms with Crippen LogP contribution in [0.5, 0.6) is 0 Å². The maximum atomic E-state index is 10.6. The first-order valence-corrected chi connectivity index (χ1v) is 4.91. The molecule has 0 heterocycles. The fourth-order valence-electron chi connectivity index (χ4n) is 1.03. The summed E-state index contributed by atoms with van der Waals surface area (Å²) >= 11 is 0. The molecule has 0 spiro atoms. The molecule has 0 aromatic carbocycles. The molecule has 0 saturated heterocycles. The van der Waals surface area contributed by atoms with Crippen LogP contribution in [0, 0.1) is 0 Å². The molecule has 0 saturated carbocycles. The predicted molar refractivity (Wildman–Crippen MR) is 53.2 cm³/mol. The molecule has 0 aromatic heterocycles. The molecule has 1 nitrogen and oxygen atoms in total. The number of carbonyl (C=O) groups excluding carboxylic acids is 1. The Morgan fingerprint density at radius 3 is 2.25 bits per heavy atom. The molecule has 0 N–H and O–H groups in total. The number of carbonyl (C=O) groups is 1. The lowest BCUT2D eigenvalue weighted by Crippen LogP contribution is -1.87. The van der Waals surface area contributed by atoms with Crippen LogP contribution in [-0.2, 0) is 4.79 Å². The highest BCUT2D eigenvalue weighted by Gasteiger charge is 1.89. The van der Waals surface area contributed by atoms with Crippen LogP contribution in [0.15, 0.2) is 12.2 Å². The first-order chi connectivity index (χ1) is 5.77. The average Bonchev–Trinajstić information content (AvgIpc) is 2.02. The molecule has 0 radical (unpaired) electrons. The largest absolute Gasteiger partial charge is 0.300 e. The SMILES string of the molecule is CCCC/C=C\CCCC(C)=O. The van der Waals surface area contributed by atoms with Gasteiger partial charge < -0.3 is 4.79 Å². The molecule has 70 valence electrons. The van der Waals surface area contributed by atoms with Gasteiger partial charge in [0, 0.05) is 6.42 Å². The average molecular weight is 168 g/mol. The summed E-state index contributed by atoms with van der Waals surface area (Å²) in [6, 6.07) is 0. The molecule has 0 aliphatic carbocycles. The second-order valence-corrected chi connectivity index (χ2v) is 3.21. The third kappa shape index (κ3) is 9.41. The Bertz CT molecular complexity index is 136. The monoisotopic (exact) mass is 168 g/mol. The van der Waals surface area contributed by atoms with Crippen LogP contribution in [0.2, 0.25) is 0 Å². The van der Waals surface area contributed by atoms with E-state index in [1.165, 1.54) is 19.3 Å². The van der Waals surface area contributed by atoms with Crippen molar-refractivity contribution in [2.45, 2.75) is 52.4 Å². The molecule has 1 heteroatoms. The fourth-order valence-corrected chi connectivity index (χ4v) is 1.03. The zero-order valence-electron chi connectivity index (χ0n) is 8.31. The van der Waals surface area contributed by atoms with Crippen LogP contribution < -0.4 is 0 Å². The van der Waals surface area contributed by atoms with Gasteiger partial charge in [-0.3, -0.25) is 0 Å². The highest BCUT2D eigenvalue weighted by atomic mass is 16.1. The van der Waals surface area contributed by atoms with Gasteiger partial charge in [-0.2, -0.15) is 0 Å². The van der Waals surface area contributed by atoms with Gasteiger partial charge in [0.2, 0.25) is 0 Å². The Morgan fingerprint density at radius 2 is 1.75 bits per heavy atom. The minimum absolute atomic E-state index is 0.303. The Hall–Kier alpha value is -0.590.